The van der Waals surface area contributed by atoms with Gasteiger partial charge in [0.1, 0.15) is 0 Å². The lowest BCUT2D eigenvalue weighted by Crippen LogP contribution is -2.53. The highest BCUT2D eigenvalue weighted by Gasteiger charge is 2.45. The lowest BCUT2D eigenvalue weighted by atomic mass is 9.92. The van der Waals surface area contributed by atoms with Gasteiger partial charge in [-0.25, -0.2) is 0 Å². The summed E-state index contributed by atoms with van der Waals surface area (Å²) < 4.78 is 6.84. The Morgan fingerprint density at radius 1 is 1.36 bits per heavy atom. The number of likely N-dealkylation sites (tertiary alicyclic amines) is 1. The average molecular weight is 343 g/mol. The summed E-state index contributed by atoms with van der Waals surface area (Å²) in [7, 11) is 1.86. The van der Waals surface area contributed by atoms with Crippen molar-refractivity contribution in [1.82, 2.24) is 25.2 Å². The van der Waals surface area contributed by atoms with E-state index in [1.165, 1.54) is 0 Å². The molecule has 2 aliphatic rings. The fourth-order valence-electron chi connectivity index (χ4n) is 3.58. The molecule has 1 N–H and O–H groups in total. The molecule has 0 radical (unpaired) electrons. The van der Waals surface area contributed by atoms with Crippen LogP contribution in [0.1, 0.15) is 53.7 Å². The standard InChI is InChI=1S/C17H21N5O3/c1-10-9-14(25-20-10)17(24)19-12-5-6-15(23)22(11-3-4-11)16(12)13-7-8-18-21(13)2/h7-9,11-12,16H,3-6H2,1-2H3,(H,19,24)/t12-,16-/m1/s1. The SMILES string of the molecule is Cc1cc(C(=O)N[C@@H]2CCC(=O)N(C3CC3)[C@H]2c2ccnn2C)on1. The van der Waals surface area contributed by atoms with Gasteiger partial charge in [0.15, 0.2) is 0 Å². The molecular weight excluding hydrogens is 322 g/mol. The molecule has 8 nitrogen and oxygen atoms in total. The first-order valence-electron chi connectivity index (χ1n) is 8.58. The molecule has 1 aliphatic heterocycles. The Morgan fingerprint density at radius 3 is 2.76 bits per heavy atom. The summed E-state index contributed by atoms with van der Waals surface area (Å²) in [5.41, 5.74) is 1.59. The molecule has 0 aromatic carbocycles. The van der Waals surface area contributed by atoms with Crippen molar-refractivity contribution in [2.75, 3.05) is 0 Å². The zero-order valence-electron chi connectivity index (χ0n) is 14.3. The smallest absolute Gasteiger partial charge is 0.290 e. The zero-order chi connectivity index (χ0) is 17.6. The Labute approximate surface area is 145 Å². The van der Waals surface area contributed by atoms with Gasteiger partial charge in [0.2, 0.25) is 11.7 Å². The Balaban J connectivity index is 1.63. The molecule has 2 aromatic heterocycles. The van der Waals surface area contributed by atoms with Gasteiger partial charge in [-0.2, -0.15) is 5.10 Å². The highest BCUT2D eigenvalue weighted by molar-refractivity contribution is 5.92. The molecule has 8 heteroatoms. The van der Waals surface area contributed by atoms with E-state index >= 15 is 0 Å². The van der Waals surface area contributed by atoms with Gasteiger partial charge in [-0.1, -0.05) is 5.16 Å². The number of piperidine rings is 1. The molecule has 1 saturated carbocycles. The van der Waals surface area contributed by atoms with E-state index in [0.29, 0.717) is 18.5 Å². The molecule has 1 aliphatic carbocycles. The zero-order valence-corrected chi connectivity index (χ0v) is 14.3. The van der Waals surface area contributed by atoms with E-state index in [9.17, 15) is 9.59 Å². The number of rotatable bonds is 4. The maximum absolute atomic E-state index is 12.6. The third-order valence-electron chi connectivity index (χ3n) is 4.91. The summed E-state index contributed by atoms with van der Waals surface area (Å²) in [5, 5.41) is 11.0. The number of carbonyl (C=O) groups is 2. The van der Waals surface area contributed by atoms with E-state index in [2.05, 4.69) is 15.6 Å². The maximum atomic E-state index is 12.6. The fourth-order valence-corrected chi connectivity index (χ4v) is 3.58. The topological polar surface area (TPSA) is 93.3 Å². The van der Waals surface area contributed by atoms with Crippen LogP contribution in [0, 0.1) is 6.92 Å². The molecule has 0 spiro atoms. The second-order valence-electron chi connectivity index (χ2n) is 6.81. The predicted octanol–water partition coefficient (Wildman–Crippen LogP) is 1.34. The van der Waals surface area contributed by atoms with Gasteiger partial charge >= 0.3 is 0 Å². The first-order valence-corrected chi connectivity index (χ1v) is 8.58. The van der Waals surface area contributed by atoms with Crippen molar-refractivity contribution in [3.05, 3.63) is 35.5 Å². The van der Waals surface area contributed by atoms with Crippen LogP contribution >= 0.6 is 0 Å². The number of aromatic nitrogens is 3. The maximum Gasteiger partial charge on any atom is 0.290 e. The molecule has 2 fully saturated rings. The van der Waals surface area contributed by atoms with Crippen molar-refractivity contribution in [2.24, 2.45) is 7.05 Å². The van der Waals surface area contributed by atoms with Crippen LogP contribution in [0.3, 0.4) is 0 Å². The second kappa shape index (κ2) is 6.02. The summed E-state index contributed by atoms with van der Waals surface area (Å²) in [4.78, 5) is 27.0. The molecule has 2 aromatic rings. The van der Waals surface area contributed by atoms with Crippen molar-refractivity contribution >= 4 is 11.8 Å². The minimum Gasteiger partial charge on any atom is -0.351 e. The van der Waals surface area contributed by atoms with E-state index in [4.69, 9.17) is 4.52 Å². The lowest BCUT2D eigenvalue weighted by molar-refractivity contribution is -0.138. The van der Waals surface area contributed by atoms with Crippen LogP contribution in [-0.4, -0.2) is 43.7 Å². The van der Waals surface area contributed by atoms with Gasteiger partial charge in [0.05, 0.1) is 23.5 Å². The molecule has 2 amide bonds. The first kappa shape index (κ1) is 15.9. The molecule has 4 rings (SSSR count). The Morgan fingerprint density at radius 2 is 2.16 bits per heavy atom. The van der Waals surface area contributed by atoms with Gasteiger partial charge in [-0.3, -0.25) is 14.3 Å². The number of aryl methyl sites for hydroxylation is 2. The van der Waals surface area contributed by atoms with Gasteiger partial charge < -0.3 is 14.7 Å². The van der Waals surface area contributed by atoms with Crippen LogP contribution in [0.4, 0.5) is 0 Å². The van der Waals surface area contributed by atoms with Gasteiger partial charge in [0, 0.05) is 31.8 Å². The Hall–Kier alpha value is -2.64. The molecule has 132 valence electrons. The predicted molar refractivity (Wildman–Crippen MR) is 87.5 cm³/mol. The minimum atomic E-state index is -0.303. The molecule has 25 heavy (non-hydrogen) atoms. The quantitative estimate of drug-likeness (QED) is 0.904. The fraction of sp³-hybridized carbons (Fsp3) is 0.529. The van der Waals surface area contributed by atoms with E-state index in [-0.39, 0.29) is 35.7 Å². The second-order valence-corrected chi connectivity index (χ2v) is 6.81. The number of hydrogen-bond donors (Lipinski definition) is 1. The normalized spacial score (nSPS) is 23.8. The van der Waals surface area contributed by atoms with Crippen LogP contribution in [0.5, 0.6) is 0 Å². The summed E-state index contributed by atoms with van der Waals surface area (Å²) >= 11 is 0. The summed E-state index contributed by atoms with van der Waals surface area (Å²) in [6.45, 7) is 1.77. The number of nitrogens with one attached hydrogen (secondary N) is 1. The largest absolute Gasteiger partial charge is 0.351 e. The highest BCUT2D eigenvalue weighted by atomic mass is 16.5. The van der Waals surface area contributed by atoms with Crippen molar-refractivity contribution < 1.29 is 14.1 Å². The molecular formula is C17H21N5O3. The molecule has 1 saturated heterocycles. The third kappa shape index (κ3) is 2.92. The number of hydrogen-bond acceptors (Lipinski definition) is 5. The highest BCUT2D eigenvalue weighted by Crippen LogP contribution is 2.40. The van der Waals surface area contributed by atoms with E-state index in [1.807, 2.05) is 18.0 Å². The number of nitrogens with zero attached hydrogens (tertiary/aromatic N) is 4. The molecule has 3 heterocycles. The Bertz CT molecular complexity index is 807. The summed E-state index contributed by atoms with van der Waals surface area (Å²) in [5.74, 6) is 0.0358. The van der Waals surface area contributed by atoms with E-state index < -0.39 is 0 Å². The summed E-state index contributed by atoms with van der Waals surface area (Å²) in [6.07, 6.45) is 4.78. The van der Waals surface area contributed by atoms with Gasteiger partial charge in [0.25, 0.3) is 5.91 Å². The van der Waals surface area contributed by atoms with Crippen LogP contribution < -0.4 is 5.32 Å². The van der Waals surface area contributed by atoms with Crippen molar-refractivity contribution in [2.45, 2.75) is 50.7 Å². The minimum absolute atomic E-state index is 0.148. The number of carbonyl (C=O) groups excluding carboxylic acids is 2. The van der Waals surface area contributed by atoms with Crippen molar-refractivity contribution in [1.29, 1.82) is 0 Å². The van der Waals surface area contributed by atoms with Crippen LogP contribution in [0.25, 0.3) is 0 Å². The van der Waals surface area contributed by atoms with Crippen molar-refractivity contribution in [3.8, 4) is 0 Å². The molecule has 2 atom stereocenters. The van der Waals surface area contributed by atoms with E-state index in [0.717, 1.165) is 18.5 Å². The van der Waals surface area contributed by atoms with Crippen molar-refractivity contribution in [3.63, 3.8) is 0 Å². The first-order chi connectivity index (χ1) is 12.0. The van der Waals surface area contributed by atoms with Crippen LogP contribution in [0.15, 0.2) is 22.9 Å². The average Bonchev–Trinajstić information content (AvgIpc) is 3.18. The molecule has 0 bridgehead atoms. The third-order valence-corrected chi connectivity index (χ3v) is 4.91. The van der Waals surface area contributed by atoms with Crippen LogP contribution in [-0.2, 0) is 11.8 Å². The van der Waals surface area contributed by atoms with Crippen LogP contribution in [0.2, 0.25) is 0 Å². The van der Waals surface area contributed by atoms with Gasteiger partial charge in [-0.05, 0) is 32.3 Å². The van der Waals surface area contributed by atoms with E-state index in [1.54, 1.807) is 23.9 Å². The summed E-state index contributed by atoms with van der Waals surface area (Å²) in [6, 6.07) is 3.39. The number of amides is 2. The molecule has 0 unspecified atom stereocenters. The Kier molecular flexibility index (Phi) is 3.82. The lowest BCUT2D eigenvalue weighted by Gasteiger charge is -2.41. The monoisotopic (exact) mass is 343 g/mol. The van der Waals surface area contributed by atoms with Gasteiger partial charge in [-0.15, -0.1) is 0 Å².